The van der Waals surface area contributed by atoms with Crippen molar-refractivity contribution in [1.82, 2.24) is 19.7 Å². The molecule has 0 amide bonds. The summed E-state index contributed by atoms with van der Waals surface area (Å²) in [7, 11) is 0. The lowest BCUT2D eigenvalue weighted by Crippen LogP contribution is -2.42. The first-order valence-corrected chi connectivity index (χ1v) is 6.49. The number of imidazole rings is 1. The Morgan fingerprint density at radius 2 is 2.33 bits per heavy atom. The molecule has 2 aromatic heterocycles. The van der Waals surface area contributed by atoms with Gasteiger partial charge in [0.25, 0.3) is 5.88 Å². The molecule has 0 aromatic carbocycles. The van der Waals surface area contributed by atoms with Gasteiger partial charge in [-0.15, -0.1) is 0 Å². The van der Waals surface area contributed by atoms with Crippen molar-refractivity contribution in [3.63, 3.8) is 0 Å². The molecule has 6 heteroatoms. The van der Waals surface area contributed by atoms with Gasteiger partial charge in [0.05, 0.1) is 6.20 Å². The highest BCUT2D eigenvalue weighted by molar-refractivity contribution is 6.29. The summed E-state index contributed by atoms with van der Waals surface area (Å²) in [6.07, 6.45) is 7.35. The largest absolute Gasteiger partial charge is 0.470 e. The third kappa shape index (κ3) is 2.15. The maximum atomic E-state index is 6.01. The van der Waals surface area contributed by atoms with Crippen LogP contribution in [0.2, 0.25) is 5.15 Å². The van der Waals surface area contributed by atoms with Crippen LogP contribution in [0.4, 0.5) is 0 Å². The Balaban J connectivity index is 1.82. The van der Waals surface area contributed by atoms with Crippen molar-refractivity contribution in [2.45, 2.75) is 31.9 Å². The van der Waals surface area contributed by atoms with Gasteiger partial charge in [-0.25, -0.2) is 9.97 Å². The summed E-state index contributed by atoms with van der Waals surface area (Å²) >= 11 is 6.01. The Morgan fingerprint density at radius 3 is 3.11 bits per heavy atom. The Labute approximate surface area is 110 Å². The van der Waals surface area contributed by atoms with Crippen molar-refractivity contribution >= 4 is 17.2 Å². The molecule has 0 bridgehead atoms. The topological polar surface area (TPSA) is 51.5 Å². The Hall–Kier alpha value is -1.33. The molecule has 0 radical (unpaired) electrons. The van der Waals surface area contributed by atoms with Gasteiger partial charge in [0, 0.05) is 25.0 Å². The highest BCUT2D eigenvalue weighted by Gasteiger charge is 2.20. The first-order chi connectivity index (χ1) is 8.74. The van der Waals surface area contributed by atoms with E-state index >= 15 is 0 Å². The van der Waals surface area contributed by atoms with E-state index in [0.717, 1.165) is 19.4 Å². The summed E-state index contributed by atoms with van der Waals surface area (Å²) in [6, 6.07) is 0.564. The quantitative estimate of drug-likeness (QED) is 0.902. The first-order valence-electron chi connectivity index (χ1n) is 6.11. The van der Waals surface area contributed by atoms with Crippen LogP contribution in [0, 0.1) is 0 Å². The standard InChI is InChI=1S/C12H15ClN4O/c1-8-2-3-9(6-15-8)18-12-11-16-7-10(13)17(11)5-4-14-12/h4-5,7-9,15H,2-3,6H2,1H3/t8-,9-/m1/s1. The molecule has 96 valence electrons. The molecule has 18 heavy (non-hydrogen) atoms. The van der Waals surface area contributed by atoms with Crippen molar-refractivity contribution in [2.24, 2.45) is 0 Å². The van der Waals surface area contributed by atoms with Crippen molar-refractivity contribution in [3.05, 3.63) is 23.7 Å². The number of hydrogen-bond acceptors (Lipinski definition) is 4. The van der Waals surface area contributed by atoms with Gasteiger partial charge in [-0.2, -0.15) is 0 Å². The molecule has 1 aliphatic heterocycles. The van der Waals surface area contributed by atoms with Crippen LogP contribution in [0.15, 0.2) is 18.6 Å². The molecule has 1 fully saturated rings. The fourth-order valence-corrected chi connectivity index (χ4v) is 2.36. The summed E-state index contributed by atoms with van der Waals surface area (Å²) in [5, 5.41) is 3.96. The van der Waals surface area contributed by atoms with Crippen LogP contribution in [0.25, 0.3) is 5.65 Å². The number of hydrogen-bond donors (Lipinski definition) is 1. The summed E-state index contributed by atoms with van der Waals surface area (Å²) in [4.78, 5) is 8.46. The molecular formula is C12H15ClN4O. The average molecular weight is 267 g/mol. The predicted molar refractivity (Wildman–Crippen MR) is 69.1 cm³/mol. The van der Waals surface area contributed by atoms with E-state index in [0.29, 0.717) is 22.7 Å². The molecule has 0 unspecified atom stereocenters. The van der Waals surface area contributed by atoms with E-state index in [4.69, 9.17) is 16.3 Å². The second-order valence-corrected chi connectivity index (χ2v) is 5.02. The normalized spacial score (nSPS) is 24.3. The fourth-order valence-electron chi connectivity index (χ4n) is 2.18. The molecule has 3 heterocycles. The third-order valence-corrected chi connectivity index (χ3v) is 3.52. The lowest BCUT2D eigenvalue weighted by molar-refractivity contribution is 0.148. The number of ether oxygens (including phenoxy) is 1. The zero-order valence-corrected chi connectivity index (χ0v) is 10.9. The minimum Gasteiger partial charge on any atom is -0.470 e. The third-order valence-electron chi connectivity index (χ3n) is 3.24. The van der Waals surface area contributed by atoms with Crippen LogP contribution in [0.3, 0.4) is 0 Å². The van der Waals surface area contributed by atoms with E-state index in [9.17, 15) is 0 Å². The van der Waals surface area contributed by atoms with Gasteiger partial charge in [0.2, 0.25) is 5.65 Å². The SMILES string of the molecule is C[C@@H]1CC[C@@H](Oc2nccn3c(Cl)cnc23)CN1. The number of fused-ring (bicyclic) bond motifs is 1. The molecule has 0 spiro atoms. The van der Waals surface area contributed by atoms with Crippen molar-refractivity contribution in [1.29, 1.82) is 0 Å². The van der Waals surface area contributed by atoms with Gasteiger partial charge in [-0.3, -0.25) is 4.40 Å². The predicted octanol–water partition coefficient (Wildman–Crippen LogP) is 1.90. The second-order valence-electron chi connectivity index (χ2n) is 4.63. The smallest absolute Gasteiger partial charge is 0.258 e. The number of nitrogens with one attached hydrogen (secondary N) is 1. The maximum absolute atomic E-state index is 6.01. The van der Waals surface area contributed by atoms with Crippen LogP contribution < -0.4 is 10.1 Å². The highest BCUT2D eigenvalue weighted by atomic mass is 35.5. The Bertz CT molecular complexity index is 548. The van der Waals surface area contributed by atoms with Crippen molar-refractivity contribution in [2.75, 3.05) is 6.54 Å². The average Bonchev–Trinajstić information content (AvgIpc) is 2.76. The Morgan fingerprint density at radius 1 is 1.44 bits per heavy atom. The summed E-state index contributed by atoms with van der Waals surface area (Å²) in [6.45, 7) is 3.03. The molecule has 2 aromatic rings. The molecule has 1 saturated heterocycles. The van der Waals surface area contributed by atoms with Crippen LogP contribution in [0.1, 0.15) is 19.8 Å². The van der Waals surface area contributed by atoms with Crippen molar-refractivity contribution < 1.29 is 4.74 Å². The van der Waals surface area contributed by atoms with Gasteiger partial charge < -0.3 is 10.1 Å². The van der Waals surface area contributed by atoms with E-state index in [-0.39, 0.29) is 6.10 Å². The monoisotopic (exact) mass is 266 g/mol. The van der Waals surface area contributed by atoms with Crippen LogP contribution in [0.5, 0.6) is 5.88 Å². The second kappa shape index (κ2) is 4.74. The highest BCUT2D eigenvalue weighted by Crippen LogP contribution is 2.22. The zero-order valence-electron chi connectivity index (χ0n) is 10.1. The van der Waals surface area contributed by atoms with Crippen LogP contribution in [-0.2, 0) is 0 Å². The van der Waals surface area contributed by atoms with Gasteiger partial charge in [-0.05, 0) is 19.8 Å². The maximum Gasteiger partial charge on any atom is 0.258 e. The molecule has 1 N–H and O–H groups in total. The number of halogens is 1. The molecular weight excluding hydrogens is 252 g/mol. The van der Waals surface area contributed by atoms with E-state index in [1.165, 1.54) is 0 Å². The number of rotatable bonds is 2. The molecule has 5 nitrogen and oxygen atoms in total. The lowest BCUT2D eigenvalue weighted by atomic mass is 10.0. The van der Waals surface area contributed by atoms with E-state index in [1.807, 2.05) is 0 Å². The van der Waals surface area contributed by atoms with Gasteiger partial charge in [0.15, 0.2) is 0 Å². The molecule has 0 aliphatic carbocycles. The summed E-state index contributed by atoms with van der Waals surface area (Å²) in [5.41, 5.74) is 0.668. The van der Waals surface area contributed by atoms with Gasteiger partial charge >= 0.3 is 0 Å². The van der Waals surface area contributed by atoms with Crippen LogP contribution >= 0.6 is 11.6 Å². The fraction of sp³-hybridized carbons (Fsp3) is 0.500. The lowest BCUT2D eigenvalue weighted by Gasteiger charge is -2.27. The van der Waals surface area contributed by atoms with E-state index in [1.54, 1.807) is 23.0 Å². The summed E-state index contributed by atoms with van der Waals surface area (Å²) in [5.74, 6) is 0.547. The molecule has 1 aliphatic rings. The number of piperidine rings is 1. The number of nitrogens with zero attached hydrogens (tertiary/aromatic N) is 3. The minimum atomic E-state index is 0.148. The van der Waals surface area contributed by atoms with E-state index in [2.05, 4.69) is 22.2 Å². The van der Waals surface area contributed by atoms with Gasteiger partial charge in [0.1, 0.15) is 11.3 Å². The van der Waals surface area contributed by atoms with E-state index < -0.39 is 0 Å². The summed E-state index contributed by atoms with van der Waals surface area (Å²) < 4.78 is 7.68. The molecule has 0 saturated carbocycles. The minimum absolute atomic E-state index is 0.148. The number of aromatic nitrogens is 3. The Kier molecular flexibility index (Phi) is 3.09. The van der Waals surface area contributed by atoms with Gasteiger partial charge in [-0.1, -0.05) is 11.6 Å². The van der Waals surface area contributed by atoms with Crippen LogP contribution in [-0.4, -0.2) is 33.1 Å². The molecule has 2 atom stereocenters. The zero-order chi connectivity index (χ0) is 12.5. The molecule has 3 rings (SSSR count). The first kappa shape index (κ1) is 11.7. The van der Waals surface area contributed by atoms with Crippen molar-refractivity contribution in [3.8, 4) is 5.88 Å².